The van der Waals surface area contributed by atoms with Crippen molar-refractivity contribution < 1.29 is 14.2 Å². The normalized spacial score (nSPS) is 16.8. The van der Waals surface area contributed by atoms with Crippen LogP contribution in [0.3, 0.4) is 0 Å². The first kappa shape index (κ1) is 16.0. The minimum Gasteiger partial charge on any atom is -0.496 e. The molecular formula is C17H27NO3. The van der Waals surface area contributed by atoms with Crippen LogP contribution in [0.2, 0.25) is 0 Å². The molecule has 0 radical (unpaired) electrons. The minimum absolute atomic E-state index is 0.720. The summed E-state index contributed by atoms with van der Waals surface area (Å²) in [5, 5.41) is 0. The number of aryl methyl sites for hydroxylation is 1. The zero-order valence-electron chi connectivity index (χ0n) is 13.6. The molecule has 4 heteroatoms. The van der Waals surface area contributed by atoms with Crippen LogP contribution in [0.4, 0.5) is 0 Å². The molecule has 0 amide bonds. The maximum Gasteiger partial charge on any atom is 0.164 e. The largest absolute Gasteiger partial charge is 0.496 e. The summed E-state index contributed by atoms with van der Waals surface area (Å²) in [5.74, 6) is 3.20. The highest BCUT2D eigenvalue weighted by molar-refractivity contribution is 5.50. The molecule has 0 bridgehead atoms. The lowest BCUT2D eigenvalue weighted by Gasteiger charge is -2.29. The molecule has 1 saturated heterocycles. The SMILES string of the molecule is COc1cc(OC)c(OC)cc1CCC1CCN(C)CC1. The summed E-state index contributed by atoms with van der Waals surface area (Å²) in [6.07, 6.45) is 4.83. The van der Waals surface area contributed by atoms with Gasteiger partial charge >= 0.3 is 0 Å². The summed E-state index contributed by atoms with van der Waals surface area (Å²) < 4.78 is 16.2. The molecule has 118 valence electrons. The fourth-order valence-electron chi connectivity index (χ4n) is 3.00. The molecule has 1 heterocycles. The molecule has 21 heavy (non-hydrogen) atoms. The maximum absolute atomic E-state index is 5.50. The molecule has 2 rings (SSSR count). The van der Waals surface area contributed by atoms with Gasteiger partial charge in [0, 0.05) is 6.07 Å². The molecule has 1 aliphatic rings. The molecule has 0 atom stereocenters. The zero-order chi connectivity index (χ0) is 15.2. The molecule has 0 spiro atoms. The Morgan fingerprint density at radius 3 is 2.10 bits per heavy atom. The fraction of sp³-hybridized carbons (Fsp3) is 0.647. The number of methoxy groups -OCH3 is 3. The molecule has 4 nitrogen and oxygen atoms in total. The molecule has 0 aliphatic carbocycles. The summed E-state index contributed by atoms with van der Waals surface area (Å²) in [6, 6.07) is 3.97. The Morgan fingerprint density at radius 1 is 0.952 bits per heavy atom. The van der Waals surface area contributed by atoms with Gasteiger partial charge in [-0.25, -0.2) is 0 Å². The van der Waals surface area contributed by atoms with E-state index in [1.165, 1.54) is 37.9 Å². The topological polar surface area (TPSA) is 30.9 Å². The predicted octanol–water partition coefficient (Wildman–Crippen LogP) is 2.99. The molecule has 1 aliphatic heterocycles. The third-order valence-electron chi connectivity index (χ3n) is 4.45. The number of ether oxygens (including phenoxy) is 3. The lowest BCUT2D eigenvalue weighted by atomic mass is 9.90. The second-order valence-electron chi connectivity index (χ2n) is 5.80. The van der Waals surface area contributed by atoms with E-state index in [0.717, 1.165) is 29.6 Å². The van der Waals surface area contributed by atoms with Crippen molar-refractivity contribution in [1.29, 1.82) is 0 Å². The van der Waals surface area contributed by atoms with E-state index in [9.17, 15) is 0 Å². The van der Waals surface area contributed by atoms with Crippen molar-refractivity contribution in [2.45, 2.75) is 25.7 Å². The van der Waals surface area contributed by atoms with E-state index < -0.39 is 0 Å². The van der Waals surface area contributed by atoms with Gasteiger partial charge in [-0.1, -0.05) is 0 Å². The summed E-state index contributed by atoms with van der Waals surface area (Å²) in [4.78, 5) is 2.41. The number of piperidine rings is 1. The number of hydrogen-bond acceptors (Lipinski definition) is 4. The van der Waals surface area contributed by atoms with Crippen molar-refractivity contribution >= 4 is 0 Å². The summed E-state index contributed by atoms with van der Waals surface area (Å²) >= 11 is 0. The average molecular weight is 293 g/mol. The second-order valence-corrected chi connectivity index (χ2v) is 5.80. The van der Waals surface area contributed by atoms with E-state index >= 15 is 0 Å². The highest BCUT2D eigenvalue weighted by Crippen LogP contribution is 2.36. The predicted molar refractivity (Wildman–Crippen MR) is 84.6 cm³/mol. The standard InChI is InChI=1S/C17H27NO3/c1-18-9-7-13(8-10-18)5-6-14-11-16(20-3)17(21-4)12-15(14)19-2/h11-13H,5-10H2,1-4H3. The third-order valence-corrected chi connectivity index (χ3v) is 4.45. The summed E-state index contributed by atoms with van der Waals surface area (Å²) in [6.45, 7) is 2.43. The van der Waals surface area contributed by atoms with Gasteiger partial charge in [-0.05, 0) is 63.4 Å². The molecule has 1 fully saturated rings. The van der Waals surface area contributed by atoms with Gasteiger partial charge in [-0.15, -0.1) is 0 Å². The van der Waals surface area contributed by atoms with Crippen LogP contribution in [0.15, 0.2) is 12.1 Å². The van der Waals surface area contributed by atoms with Crippen LogP contribution in [0.25, 0.3) is 0 Å². The van der Waals surface area contributed by atoms with Crippen LogP contribution < -0.4 is 14.2 Å². The van der Waals surface area contributed by atoms with Gasteiger partial charge in [0.2, 0.25) is 0 Å². The highest BCUT2D eigenvalue weighted by Gasteiger charge is 2.18. The Hall–Kier alpha value is -1.42. The second kappa shape index (κ2) is 7.55. The molecule has 1 aromatic rings. The lowest BCUT2D eigenvalue weighted by molar-refractivity contribution is 0.212. The number of likely N-dealkylation sites (tertiary alicyclic amines) is 1. The quantitative estimate of drug-likeness (QED) is 0.807. The molecule has 1 aromatic carbocycles. The van der Waals surface area contributed by atoms with Crippen molar-refractivity contribution in [3.05, 3.63) is 17.7 Å². The van der Waals surface area contributed by atoms with Crippen molar-refractivity contribution in [1.82, 2.24) is 4.90 Å². The lowest BCUT2D eigenvalue weighted by Crippen LogP contribution is -2.30. The van der Waals surface area contributed by atoms with Gasteiger partial charge < -0.3 is 19.1 Å². The maximum atomic E-state index is 5.50. The van der Waals surface area contributed by atoms with E-state index in [2.05, 4.69) is 11.9 Å². The first-order valence-electron chi connectivity index (χ1n) is 7.65. The van der Waals surface area contributed by atoms with Crippen molar-refractivity contribution in [2.24, 2.45) is 5.92 Å². The first-order chi connectivity index (χ1) is 10.2. The van der Waals surface area contributed by atoms with Crippen LogP contribution in [-0.4, -0.2) is 46.4 Å². The van der Waals surface area contributed by atoms with Crippen LogP contribution in [0.1, 0.15) is 24.8 Å². The van der Waals surface area contributed by atoms with Crippen LogP contribution >= 0.6 is 0 Å². The van der Waals surface area contributed by atoms with E-state index in [4.69, 9.17) is 14.2 Å². The summed E-state index contributed by atoms with van der Waals surface area (Å²) in [7, 11) is 7.23. The van der Waals surface area contributed by atoms with Gasteiger partial charge in [0.25, 0.3) is 0 Å². The number of rotatable bonds is 6. The van der Waals surface area contributed by atoms with Crippen LogP contribution in [0.5, 0.6) is 17.2 Å². The first-order valence-corrected chi connectivity index (χ1v) is 7.65. The Labute approximate surface area is 128 Å². The fourth-order valence-corrected chi connectivity index (χ4v) is 3.00. The zero-order valence-corrected chi connectivity index (χ0v) is 13.6. The van der Waals surface area contributed by atoms with Crippen LogP contribution in [-0.2, 0) is 6.42 Å². The smallest absolute Gasteiger partial charge is 0.164 e. The van der Waals surface area contributed by atoms with E-state index in [-0.39, 0.29) is 0 Å². The van der Waals surface area contributed by atoms with Crippen LogP contribution in [0, 0.1) is 5.92 Å². The monoisotopic (exact) mass is 293 g/mol. The van der Waals surface area contributed by atoms with Crippen molar-refractivity contribution in [3.8, 4) is 17.2 Å². The van der Waals surface area contributed by atoms with Gasteiger partial charge in [0.15, 0.2) is 11.5 Å². The van der Waals surface area contributed by atoms with Gasteiger partial charge in [0.1, 0.15) is 5.75 Å². The Kier molecular flexibility index (Phi) is 5.74. The Balaban J connectivity index is 2.04. The number of benzene rings is 1. The summed E-state index contributed by atoms with van der Waals surface area (Å²) in [5.41, 5.74) is 1.20. The van der Waals surface area contributed by atoms with Gasteiger partial charge in [-0.3, -0.25) is 0 Å². The van der Waals surface area contributed by atoms with Gasteiger partial charge in [0.05, 0.1) is 21.3 Å². The Bertz CT molecular complexity index is 454. The molecule has 0 unspecified atom stereocenters. The molecule has 0 saturated carbocycles. The van der Waals surface area contributed by atoms with Crippen molar-refractivity contribution in [3.63, 3.8) is 0 Å². The van der Waals surface area contributed by atoms with E-state index in [0.29, 0.717) is 0 Å². The number of nitrogens with zero attached hydrogens (tertiary/aromatic N) is 1. The van der Waals surface area contributed by atoms with E-state index in [1.54, 1.807) is 21.3 Å². The highest BCUT2D eigenvalue weighted by atomic mass is 16.5. The third kappa shape index (κ3) is 4.03. The minimum atomic E-state index is 0.720. The van der Waals surface area contributed by atoms with E-state index in [1.807, 2.05) is 12.1 Å². The molecule has 0 aromatic heterocycles. The number of hydrogen-bond donors (Lipinski definition) is 0. The van der Waals surface area contributed by atoms with Gasteiger partial charge in [-0.2, -0.15) is 0 Å². The Morgan fingerprint density at radius 2 is 1.52 bits per heavy atom. The van der Waals surface area contributed by atoms with Crippen molar-refractivity contribution in [2.75, 3.05) is 41.5 Å². The average Bonchev–Trinajstić information content (AvgIpc) is 2.53. The molecular weight excluding hydrogens is 266 g/mol. The molecule has 0 N–H and O–H groups in total.